The van der Waals surface area contributed by atoms with E-state index in [1.54, 1.807) is 58.0 Å². The SMILES string of the molecule is CC(=O)C1=C(O)C(C(C)C)[C@@]2(C)C[C@@]3(C)Cc4c(CCC(=O)c5ccccc5)ccc(O)c4C(=O)C3=C(O)[C@@]2(O)C1=O. The van der Waals surface area contributed by atoms with Crippen LogP contribution in [0.25, 0.3) is 0 Å². The summed E-state index contributed by atoms with van der Waals surface area (Å²) in [4.78, 5) is 53.2. The van der Waals surface area contributed by atoms with E-state index < -0.39 is 56.8 Å². The molecule has 0 aliphatic heterocycles. The van der Waals surface area contributed by atoms with Gasteiger partial charge in [-0.3, -0.25) is 19.2 Å². The number of Topliss-reactive ketones (excluding diaryl/α,β-unsaturated/α-hetero) is 4. The highest BCUT2D eigenvalue weighted by molar-refractivity contribution is 6.25. The van der Waals surface area contributed by atoms with Gasteiger partial charge >= 0.3 is 0 Å². The van der Waals surface area contributed by atoms with Crippen molar-refractivity contribution < 1.29 is 39.6 Å². The molecule has 0 spiro atoms. The zero-order valence-electron chi connectivity index (χ0n) is 24.4. The number of allylic oxidation sites excluding steroid dienone is 2. The molecule has 2 aromatic carbocycles. The third-order valence-electron chi connectivity index (χ3n) is 9.70. The highest BCUT2D eigenvalue weighted by Gasteiger charge is 2.71. The molecule has 4 N–H and O–H groups in total. The van der Waals surface area contributed by atoms with Gasteiger partial charge < -0.3 is 20.4 Å². The topological polar surface area (TPSA) is 149 Å². The Labute approximate surface area is 244 Å². The van der Waals surface area contributed by atoms with E-state index in [1.165, 1.54) is 6.07 Å². The predicted molar refractivity (Wildman–Crippen MR) is 154 cm³/mol. The standard InChI is InChI=1S/C34H36O8/c1-17(2)26-28(38)24(18(3)35)30(40)34(42)31(41)27-29(39)25-21(15-32(27,4)16-33(26,34)5)19(12-14-23(25)37)11-13-22(36)20-9-7-6-8-10-20/h6-10,12,14,17,26,37-38,41-42H,11,13,15-16H2,1-5H3/t26?,32-,33-,34+/m1/s1. The molecule has 0 saturated heterocycles. The lowest BCUT2D eigenvalue weighted by Crippen LogP contribution is -2.67. The summed E-state index contributed by atoms with van der Waals surface area (Å²) < 4.78 is 0. The number of ketones is 4. The summed E-state index contributed by atoms with van der Waals surface area (Å²) in [6.07, 6.45) is 0.674. The number of aromatic hydroxyl groups is 1. The maximum absolute atomic E-state index is 14.1. The molecule has 8 nitrogen and oxygen atoms in total. The molecule has 2 aromatic rings. The summed E-state index contributed by atoms with van der Waals surface area (Å²) in [5.74, 6) is -5.50. The van der Waals surface area contributed by atoms with Gasteiger partial charge in [-0.2, -0.15) is 0 Å². The second-order valence-electron chi connectivity index (χ2n) is 12.8. The molecule has 3 aliphatic carbocycles. The van der Waals surface area contributed by atoms with Crippen LogP contribution in [-0.2, 0) is 22.4 Å². The average Bonchev–Trinajstić information content (AvgIpc) is 2.90. The van der Waals surface area contributed by atoms with Crippen LogP contribution < -0.4 is 0 Å². The molecule has 0 radical (unpaired) electrons. The fourth-order valence-electron chi connectivity index (χ4n) is 8.04. The first-order valence-corrected chi connectivity index (χ1v) is 14.2. The first kappa shape index (κ1) is 29.5. The van der Waals surface area contributed by atoms with Gasteiger partial charge in [0.05, 0.1) is 5.56 Å². The molecular formula is C34H36O8. The van der Waals surface area contributed by atoms with Crippen LogP contribution in [0.2, 0.25) is 0 Å². The number of fused-ring (bicyclic) bond motifs is 3. The summed E-state index contributed by atoms with van der Waals surface area (Å²) >= 11 is 0. The Hall–Kier alpha value is -4.04. The van der Waals surface area contributed by atoms with E-state index in [9.17, 15) is 39.6 Å². The van der Waals surface area contributed by atoms with E-state index in [2.05, 4.69) is 0 Å². The first-order valence-electron chi connectivity index (χ1n) is 14.2. The van der Waals surface area contributed by atoms with E-state index in [0.29, 0.717) is 23.1 Å². The number of phenols is 1. The molecule has 0 heterocycles. The molecule has 220 valence electrons. The van der Waals surface area contributed by atoms with Gasteiger partial charge in [-0.05, 0) is 49.3 Å². The number of carbonyl (C=O) groups excluding carboxylic acids is 4. The van der Waals surface area contributed by atoms with Gasteiger partial charge in [0.1, 0.15) is 22.8 Å². The molecule has 0 aromatic heterocycles. The minimum Gasteiger partial charge on any atom is -0.511 e. The Morgan fingerprint density at radius 3 is 2.24 bits per heavy atom. The Morgan fingerprint density at radius 2 is 1.64 bits per heavy atom. The van der Waals surface area contributed by atoms with Crippen LogP contribution in [0.15, 0.2) is 65.1 Å². The van der Waals surface area contributed by atoms with Crippen LogP contribution in [0.3, 0.4) is 0 Å². The minimum absolute atomic E-state index is 0.0168. The van der Waals surface area contributed by atoms with E-state index in [1.807, 2.05) is 6.07 Å². The van der Waals surface area contributed by atoms with Crippen LogP contribution in [0.5, 0.6) is 5.75 Å². The molecule has 4 atom stereocenters. The molecule has 5 rings (SSSR count). The summed E-state index contributed by atoms with van der Waals surface area (Å²) in [6, 6.07) is 11.9. The van der Waals surface area contributed by atoms with Crippen LogP contribution in [0.4, 0.5) is 0 Å². The van der Waals surface area contributed by atoms with Crippen LogP contribution in [0.1, 0.15) is 79.3 Å². The molecule has 0 amide bonds. The second-order valence-corrected chi connectivity index (χ2v) is 12.8. The molecule has 0 saturated carbocycles. The van der Waals surface area contributed by atoms with Crippen LogP contribution >= 0.6 is 0 Å². The number of rotatable bonds is 6. The predicted octanol–water partition coefficient (Wildman–Crippen LogP) is 5.16. The fourth-order valence-corrected chi connectivity index (χ4v) is 8.04. The third kappa shape index (κ3) is 3.91. The third-order valence-corrected chi connectivity index (χ3v) is 9.70. The zero-order valence-corrected chi connectivity index (χ0v) is 24.4. The number of hydrogen-bond donors (Lipinski definition) is 4. The Kier molecular flexibility index (Phi) is 6.85. The van der Waals surface area contributed by atoms with Gasteiger partial charge in [-0.1, -0.05) is 64.1 Å². The number of hydrogen-bond acceptors (Lipinski definition) is 8. The number of carbonyl (C=O) groups is 4. The lowest BCUT2D eigenvalue weighted by atomic mass is 9.44. The minimum atomic E-state index is -2.65. The highest BCUT2D eigenvalue weighted by atomic mass is 16.3. The Balaban J connectivity index is 1.66. The maximum atomic E-state index is 14.1. The van der Waals surface area contributed by atoms with Gasteiger partial charge in [0.2, 0.25) is 5.78 Å². The number of aliphatic hydroxyl groups is 3. The monoisotopic (exact) mass is 572 g/mol. The quantitative estimate of drug-likeness (QED) is 0.274. The molecule has 3 aliphatic rings. The molecule has 42 heavy (non-hydrogen) atoms. The Morgan fingerprint density at radius 1 is 1.00 bits per heavy atom. The van der Waals surface area contributed by atoms with Crippen LogP contribution in [-0.4, -0.2) is 49.2 Å². The van der Waals surface area contributed by atoms with Gasteiger partial charge in [0.15, 0.2) is 23.0 Å². The van der Waals surface area contributed by atoms with Crippen molar-refractivity contribution in [1.29, 1.82) is 0 Å². The average molecular weight is 573 g/mol. The molecule has 1 unspecified atom stereocenters. The first-order chi connectivity index (χ1) is 19.6. The van der Waals surface area contributed by atoms with Crippen molar-refractivity contribution in [3.8, 4) is 5.75 Å². The highest BCUT2D eigenvalue weighted by Crippen LogP contribution is 2.65. The number of benzene rings is 2. The van der Waals surface area contributed by atoms with Crippen molar-refractivity contribution in [3.05, 3.63) is 87.4 Å². The van der Waals surface area contributed by atoms with Gasteiger partial charge in [-0.15, -0.1) is 0 Å². The summed E-state index contributed by atoms with van der Waals surface area (Å²) in [7, 11) is 0. The van der Waals surface area contributed by atoms with E-state index in [4.69, 9.17) is 0 Å². The molecular weight excluding hydrogens is 536 g/mol. The van der Waals surface area contributed by atoms with Gasteiger partial charge in [0, 0.05) is 34.3 Å². The lowest BCUT2D eigenvalue weighted by molar-refractivity contribution is -0.171. The molecule has 0 bridgehead atoms. The summed E-state index contributed by atoms with van der Waals surface area (Å²) in [5.41, 5.74) is -4.24. The number of aliphatic hydroxyl groups excluding tert-OH is 2. The van der Waals surface area contributed by atoms with Crippen molar-refractivity contribution in [2.24, 2.45) is 22.7 Å². The number of phenolic OH excluding ortho intramolecular Hbond substituents is 1. The normalized spacial score (nSPS) is 28.9. The van der Waals surface area contributed by atoms with Crippen molar-refractivity contribution >= 4 is 23.1 Å². The van der Waals surface area contributed by atoms with E-state index in [0.717, 1.165) is 6.92 Å². The Bertz CT molecular complexity index is 1610. The van der Waals surface area contributed by atoms with E-state index in [-0.39, 0.29) is 47.8 Å². The van der Waals surface area contributed by atoms with Crippen LogP contribution in [0, 0.1) is 22.7 Å². The van der Waals surface area contributed by atoms with Gasteiger partial charge in [-0.25, -0.2) is 0 Å². The lowest BCUT2D eigenvalue weighted by Gasteiger charge is -2.59. The largest absolute Gasteiger partial charge is 0.511 e. The van der Waals surface area contributed by atoms with Gasteiger partial charge in [0.25, 0.3) is 0 Å². The smallest absolute Gasteiger partial charge is 0.209 e. The van der Waals surface area contributed by atoms with Crippen molar-refractivity contribution in [1.82, 2.24) is 0 Å². The fraction of sp³-hybridized carbons (Fsp3) is 0.412. The second kappa shape index (κ2) is 9.76. The van der Waals surface area contributed by atoms with Crippen molar-refractivity contribution in [3.63, 3.8) is 0 Å². The van der Waals surface area contributed by atoms with Crippen molar-refractivity contribution in [2.45, 2.75) is 65.9 Å². The van der Waals surface area contributed by atoms with E-state index >= 15 is 0 Å². The van der Waals surface area contributed by atoms with Crippen molar-refractivity contribution in [2.75, 3.05) is 0 Å². The molecule has 0 fully saturated rings. The molecule has 8 heteroatoms. The number of aryl methyl sites for hydroxylation is 1. The maximum Gasteiger partial charge on any atom is 0.209 e. The zero-order chi connectivity index (χ0) is 30.9. The summed E-state index contributed by atoms with van der Waals surface area (Å²) in [5, 5.41) is 45.9. The summed E-state index contributed by atoms with van der Waals surface area (Å²) in [6.45, 7) is 8.05.